The third kappa shape index (κ3) is 11.0. The maximum atomic E-state index is 10.1. The summed E-state index contributed by atoms with van der Waals surface area (Å²) in [6.45, 7) is 17.0. The van der Waals surface area contributed by atoms with E-state index in [0.29, 0.717) is 5.75 Å². The van der Waals surface area contributed by atoms with E-state index in [-0.39, 0.29) is 0 Å². The van der Waals surface area contributed by atoms with Crippen LogP contribution in [0.15, 0.2) is 71.4 Å². The maximum absolute atomic E-state index is 10.1. The van der Waals surface area contributed by atoms with Crippen LogP contribution in [0.1, 0.15) is 91.2 Å². The van der Waals surface area contributed by atoms with Crippen molar-refractivity contribution in [3.63, 3.8) is 0 Å². The Morgan fingerprint density at radius 2 is 1.27 bits per heavy atom. The van der Waals surface area contributed by atoms with E-state index < -0.39 is 0 Å². The standard InChI is InChI=1S/C29H42O/c1-22(2)11-8-12-24(5)13-9-14-25(6)15-10-16-26(7)17-18-28-21-27(23(3)4)19-20-29(28)30/h11,13,15,17,19-21,30H,3,8-10,12,14,16,18H2,1-2,4-7H3/b24-13+,25-15+,26-17+. The van der Waals surface area contributed by atoms with Gasteiger partial charge in [-0.25, -0.2) is 0 Å². The van der Waals surface area contributed by atoms with Gasteiger partial charge in [-0.3, -0.25) is 0 Å². The van der Waals surface area contributed by atoms with Gasteiger partial charge >= 0.3 is 0 Å². The molecule has 0 radical (unpaired) electrons. The summed E-state index contributed by atoms with van der Waals surface area (Å²) in [5.41, 5.74) is 8.83. The van der Waals surface area contributed by atoms with Gasteiger partial charge in [0, 0.05) is 0 Å². The summed E-state index contributed by atoms with van der Waals surface area (Å²) in [5, 5.41) is 10.1. The van der Waals surface area contributed by atoms with Gasteiger partial charge in [-0.1, -0.05) is 64.8 Å². The fourth-order valence-corrected chi connectivity index (χ4v) is 3.29. The van der Waals surface area contributed by atoms with Crippen LogP contribution in [0.25, 0.3) is 5.57 Å². The van der Waals surface area contributed by atoms with Gasteiger partial charge in [0.2, 0.25) is 0 Å². The molecule has 0 amide bonds. The SMILES string of the molecule is C=C(C)c1ccc(O)c(C/C=C(\C)CC/C=C(\C)CC/C=C(\C)CCC=C(C)C)c1. The first kappa shape index (κ1) is 25.8. The Balaban J connectivity index is 2.42. The second-order valence-corrected chi connectivity index (χ2v) is 8.88. The minimum atomic E-state index is 0.365. The van der Waals surface area contributed by atoms with Gasteiger partial charge < -0.3 is 5.11 Å². The molecular weight excluding hydrogens is 364 g/mol. The summed E-state index contributed by atoms with van der Waals surface area (Å²) in [6.07, 6.45) is 16.8. The van der Waals surface area contributed by atoms with E-state index in [0.717, 1.165) is 55.2 Å². The van der Waals surface area contributed by atoms with Crippen LogP contribution in [-0.2, 0) is 6.42 Å². The van der Waals surface area contributed by atoms with Crippen molar-refractivity contribution in [2.45, 2.75) is 86.5 Å². The lowest BCUT2D eigenvalue weighted by Crippen LogP contribution is -1.88. The minimum absolute atomic E-state index is 0.365. The summed E-state index contributed by atoms with van der Waals surface area (Å²) in [5.74, 6) is 0.365. The third-order valence-corrected chi connectivity index (χ3v) is 5.40. The van der Waals surface area contributed by atoms with E-state index in [1.54, 1.807) is 6.07 Å². The van der Waals surface area contributed by atoms with Gasteiger partial charge in [0.05, 0.1) is 0 Å². The molecule has 0 atom stereocenters. The summed E-state index contributed by atoms with van der Waals surface area (Å²) >= 11 is 0. The second kappa shape index (κ2) is 13.9. The first-order chi connectivity index (χ1) is 14.2. The first-order valence-corrected chi connectivity index (χ1v) is 11.3. The highest BCUT2D eigenvalue weighted by Gasteiger charge is 2.02. The van der Waals surface area contributed by atoms with Crippen LogP contribution < -0.4 is 0 Å². The van der Waals surface area contributed by atoms with Crippen molar-refractivity contribution >= 4 is 5.57 Å². The highest BCUT2D eigenvalue weighted by atomic mass is 16.3. The molecule has 30 heavy (non-hydrogen) atoms. The molecule has 0 bridgehead atoms. The molecule has 164 valence electrons. The van der Waals surface area contributed by atoms with Crippen LogP contribution in [0, 0.1) is 0 Å². The summed E-state index contributed by atoms with van der Waals surface area (Å²) in [4.78, 5) is 0. The minimum Gasteiger partial charge on any atom is -0.508 e. The summed E-state index contributed by atoms with van der Waals surface area (Å²) in [6, 6.07) is 5.73. The van der Waals surface area contributed by atoms with Gasteiger partial charge in [0.15, 0.2) is 0 Å². The molecule has 1 rings (SSSR count). The molecule has 0 spiro atoms. The molecule has 0 aliphatic rings. The van der Waals surface area contributed by atoms with Crippen LogP contribution in [-0.4, -0.2) is 5.11 Å². The molecule has 1 nitrogen and oxygen atoms in total. The van der Waals surface area contributed by atoms with Gasteiger partial charge in [0.1, 0.15) is 5.75 Å². The fraction of sp³-hybridized carbons (Fsp3) is 0.448. The third-order valence-electron chi connectivity index (χ3n) is 5.40. The van der Waals surface area contributed by atoms with E-state index in [1.165, 1.54) is 28.7 Å². The van der Waals surface area contributed by atoms with Crippen molar-refractivity contribution in [3.8, 4) is 5.75 Å². The molecule has 0 saturated heterocycles. The highest BCUT2D eigenvalue weighted by Crippen LogP contribution is 2.23. The van der Waals surface area contributed by atoms with Crippen LogP contribution in [0.3, 0.4) is 0 Å². The number of benzene rings is 1. The predicted octanol–water partition coefficient (Wildman–Crippen LogP) is 9.11. The van der Waals surface area contributed by atoms with Gasteiger partial charge in [-0.2, -0.15) is 0 Å². The lowest BCUT2D eigenvalue weighted by molar-refractivity contribution is 0.469. The van der Waals surface area contributed by atoms with E-state index in [2.05, 4.69) is 65.5 Å². The largest absolute Gasteiger partial charge is 0.508 e. The fourth-order valence-electron chi connectivity index (χ4n) is 3.29. The van der Waals surface area contributed by atoms with Crippen molar-refractivity contribution in [2.24, 2.45) is 0 Å². The Morgan fingerprint density at radius 1 is 0.767 bits per heavy atom. The normalized spacial score (nSPS) is 12.8. The van der Waals surface area contributed by atoms with Gasteiger partial charge in [-0.15, -0.1) is 0 Å². The number of hydrogen-bond donors (Lipinski definition) is 1. The number of phenols is 1. The van der Waals surface area contributed by atoms with Crippen LogP contribution in [0.2, 0.25) is 0 Å². The Bertz CT molecular complexity index is 811. The van der Waals surface area contributed by atoms with Crippen molar-refractivity contribution < 1.29 is 5.11 Å². The molecule has 0 heterocycles. The monoisotopic (exact) mass is 406 g/mol. The zero-order chi connectivity index (χ0) is 22.5. The molecule has 0 aromatic heterocycles. The summed E-state index contributed by atoms with van der Waals surface area (Å²) < 4.78 is 0. The van der Waals surface area contributed by atoms with E-state index in [1.807, 2.05) is 19.1 Å². The molecule has 0 aliphatic carbocycles. The highest BCUT2D eigenvalue weighted by molar-refractivity contribution is 5.63. The molecule has 1 N–H and O–H groups in total. The molecule has 0 unspecified atom stereocenters. The Kier molecular flexibility index (Phi) is 11.9. The maximum Gasteiger partial charge on any atom is 0.119 e. The van der Waals surface area contributed by atoms with Crippen molar-refractivity contribution in [1.29, 1.82) is 0 Å². The Hall–Kier alpha value is -2.28. The number of rotatable bonds is 12. The van der Waals surface area contributed by atoms with E-state index in [9.17, 15) is 5.11 Å². The van der Waals surface area contributed by atoms with Crippen molar-refractivity contribution in [3.05, 3.63) is 82.5 Å². The molecule has 1 aromatic rings. The van der Waals surface area contributed by atoms with Gasteiger partial charge in [0.25, 0.3) is 0 Å². The molecule has 1 aromatic carbocycles. The van der Waals surface area contributed by atoms with E-state index >= 15 is 0 Å². The second-order valence-electron chi connectivity index (χ2n) is 8.88. The van der Waals surface area contributed by atoms with Gasteiger partial charge in [-0.05, 0) is 110 Å². The van der Waals surface area contributed by atoms with Crippen LogP contribution >= 0.6 is 0 Å². The molecule has 0 fully saturated rings. The smallest absolute Gasteiger partial charge is 0.119 e. The van der Waals surface area contributed by atoms with Crippen LogP contribution in [0.5, 0.6) is 5.75 Å². The molecular formula is C29H42O. The molecule has 0 aliphatic heterocycles. The van der Waals surface area contributed by atoms with E-state index in [4.69, 9.17) is 0 Å². The average molecular weight is 407 g/mol. The predicted molar refractivity (Wildman–Crippen MR) is 135 cm³/mol. The summed E-state index contributed by atoms with van der Waals surface area (Å²) in [7, 11) is 0. The Morgan fingerprint density at radius 3 is 1.77 bits per heavy atom. The first-order valence-electron chi connectivity index (χ1n) is 11.3. The number of hydrogen-bond acceptors (Lipinski definition) is 1. The number of phenolic OH excluding ortho intramolecular Hbond substituents is 1. The molecule has 1 heteroatoms. The average Bonchev–Trinajstić information content (AvgIpc) is 2.66. The van der Waals surface area contributed by atoms with Crippen molar-refractivity contribution in [1.82, 2.24) is 0 Å². The lowest BCUT2D eigenvalue weighted by Gasteiger charge is -2.07. The number of allylic oxidation sites excluding steroid dienone is 9. The van der Waals surface area contributed by atoms with Crippen molar-refractivity contribution in [2.75, 3.05) is 0 Å². The quantitative estimate of drug-likeness (QED) is 0.343. The lowest BCUT2D eigenvalue weighted by atomic mass is 10.0. The molecule has 0 saturated carbocycles. The zero-order valence-electron chi connectivity index (χ0n) is 20.1. The Labute approximate surface area is 185 Å². The topological polar surface area (TPSA) is 20.2 Å². The number of aromatic hydroxyl groups is 1. The zero-order valence-corrected chi connectivity index (χ0v) is 20.1. The van der Waals surface area contributed by atoms with Crippen LogP contribution in [0.4, 0.5) is 0 Å².